The van der Waals surface area contributed by atoms with Gasteiger partial charge in [0.15, 0.2) is 0 Å². The molecule has 0 aliphatic rings. The summed E-state index contributed by atoms with van der Waals surface area (Å²) in [6, 6.07) is 0. The van der Waals surface area contributed by atoms with Crippen molar-refractivity contribution < 1.29 is 21.8 Å². The molecule has 7 radical (unpaired) electrons. The summed E-state index contributed by atoms with van der Waals surface area (Å²) in [5.41, 5.74) is 0. The molecule has 0 aromatic heterocycles. The Balaban J connectivity index is -0.00000000500. The standard InChI is InChI=1S/Bi.O.Pb.Ru. The molecule has 0 fully saturated rings. The van der Waals surface area contributed by atoms with E-state index in [2.05, 4.69) is 0 Å². The zero-order chi connectivity index (χ0) is 2.00. The van der Waals surface area contributed by atoms with Gasteiger partial charge in [0.05, 0.1) is 0 Å². The van der Waals surface area contributed by atoms with Gasteiger partial charge in [0.2, 0.25) is 0 Å². The maximum Gasteiger partial charge on any atom is 0 e. The van der Waals surface area contributed by atoms with Crippen LogP contribution in [0, 0.1) is 0 Å². The molecule has 0 rings (SSSR count). The van der Waals surface area contributed by atoms with E-state index in [1.54, 1.807) is 0 Å². The first-order valence-corrected chi connectivity index (χ1v) is 0.854. The van der Waals surface area contributed by atoms with Crippen molar-refractivity contribution in [2.24, 2.45) is 0 Å². The van der Waals surface area contributed by atoms with Crippen LogP contribution in [-0.2, 0) is 21.8 Å². The normalized spacial score (nSPS) is 1.25. The third-order valence-electron chi connectivity index (χ3n) is 0. The Labute approximate surface area is 74.1 Å². The van der Waals surface area contributed by atoms with Crippen molar-refractivity contribution >= 4 is 53.5 Å². The molecule has 0 aromatic rings. The van der Waals surface area contributed by atoms with Gasteiger partial charge in [0, 0.05) is 53.5 Å². The average molecular weight is 533 g/mol. The Morgan fingerprint density at radius 2 is 1.25 bits per heavy atom. The van der Waals surface area contributed by atoms with Crippen molar-refractivity contribution in [2.45, 2.75) is 0 Å². The fraction of sp³-hybridized carbons (Fsp3) is 0. The van der Waals surface area contributed by atoms with Crippen LogP contribution in [-0.4, -0.2) is 53.5 Å². The second-order valence-corrected chi connectivity index (χ2v) is 0. The van der Waals surface area contributed by atoms with Crippen LogP contribution in [0.3, 0.4) is 0 Å². The van der Waals surface area contributed by atoms with Crippen molar-refractivity contribution in [1.82, 2.24) is 0 Å². The van der Waals surface area contributed by atoms with Gasteiger partial charge >= 0.3 is 21.8 Å². The summed E-state index contributed by atoms with van der Waals surface area (Å²) in [6.45, 7) is 0. The van der Waals surface area contributed by atoms with Crippen molar-refractivity contribution in [3.8, 4) is 0 Å². The van der Waals surface area contributed by atoms with E-state index >= 15 is 0 Å². The van der Waals surface area contributed by atoms with E-state index in [1.807, 2.05) is 0 Å². The predicted molar refractivity (Wildman–Crippen MR) is 12.2 cm³/mol. The van der Waals surface area contributed by atoms with Gasteiger partial charge < -0.3 is 0 Å². The van der Waals surface area contributed by atoms with E-state index in [0.717, 1.165) is 18.3 Å². The van der Waals surface area contributed by atoms with E-state index in [4.69, 9.17) is 3.57 Å². The molecule has 0 bridgehead atoms. The van der Waals surface area contributed by atoms with E-state index in [1.165, 1.54) is 0 Å². The van der Waals surface area contributed by atoms with Crippen LogP contribution in [0.1, 0.15) is 0 Å². The third-order valence-corrected chi connectivity index (χ3v) is 0. The molecule has 0 unspecified atom stereocenters. The average Bonchev–Trinajstić information content (AvgIpc) is 1.00. The summed E-state index contributed by atoms with van der Waals surface area (Å²) >= 11 is 1.10. The minimum Gasteiger partial charge on any atom is 0 e. The largest absolute Gasteiger partial charge is 0 e. The van der Waals surface area contributed by atoms with Gasteiger partial charge in [-0.2, -0.15) is 0 Å². The van der Waals surface area contributed by atoms with E-state index < -0.39 is 0 Å². The second-order valence-electron chi connectivity index (χ2n) is 0. The van der Waals surface area contributed by atoms with Gasteiger partial charge in [-0.05, 0) is 0 Å². The summed E-state index contributed by atoms with van der Waals surface area (Å²) in [4.78, 5) is 0. The van der Waals surface area contributed by atoms with Crippen molar-refractivity contribution in [3.05, 3.63) is 0 Å². The number of hydrogen-bond acceptors (Lipinski definition) is 1. The molecule has 4 heteroatoms. The van der Waals surface area contributed by atoms with Gasteiger partial charge in [-0.15, -0.1) is 0 Å². The summed E-state index contributed by atoms with van der Waals surface area (Å²) in [5, 5.41) is 0. The monoisotopic (exact) mass is 535 g/mol. The smallest absolute Gasteiger partial charge is 0 e. The Morgan fingerprint density at radius 1 is 1.25 bits per heavy atom. The van der Waals surface area contributed by atoms with Crippen molar-refractivity contribution in [3.63, 3.8) is 0 Å². The first-order chi connectivity index (χ1) is 1.00. The molecule has 4 heavy (non-hydrogen) atoms. The molecule has 0 heterocycles. The minimum absolute atomic E-state index is 0. The molecule has 0 aliphatic carbocycles. The van der Waals surface area contributed by atoms with Gasteiger partial charge in [-0.25, -0.2) is 0 Å². The van der Waals surface area contributed by atoms with Crippen LogP contribution in [0.4, 0.5) is 0 Å². The van der Waals surface area contributed by atoms with E-state index in [-0.39, 0.29) is 53.5 Å². The van der Waals surface area contributed by atoms with Gasteiger partial charge in [-0.3, -0.25) is 0 Å². The fourth-order valence-corrected chi connectivity index (χ4v) is 0. The summed E-state index contributed by atoms with van der Waals surface area (Å²) in [6.07, 6.45) is 0. The molecule has 0 saturated carbocycles. The zero-order valence-corrected chi connectivity index (χ0v) is 10.8. The predicted octanol–water partition coefficient (Wildman–Crippen LogP) is -0.883. The maximum absolute atomic E-state index is 8.18. The first-order valence-electron chi connectivity index (χ1n) is 0.144. The molecule has 0 atom stereocenters. The summed E-state index contributed by atoms with van der Waals surface area (Å²) < 4.78 is 8.18. The van der Waals surface area contributed by atoms with Crippen LogP contribution < -0.4 is 0 Å². The van der Waals surface area contributed by atoms with Gasteiger partial charge in [0.25, 0.3) is 0 Å². The number of rotatable bonds is 0. The van der Waals surface area contributed by atoms with E-state index in [9.17, 15) is 0 Å². The zero-order valence-electron chi connectivity index (χ0n) is 1.71. The molecule has 0 amide bonds. The molecule has 23 valence electrons. The number of hydrogen-bond donors (Lipinski definition) is 0. The van der Waals surface area contributed by atoms with Crippen LogP contribution in [0.5, 0.6) is 0 Å². The molecule has 0 aromatic carbocycles. The molecule has 0 spiro atoms. The Bertz CT molecular complexity index is 8.00. The fourth-order valence-electron chi connectivity index (χ4n) is 0. The summed E-state index contributed by atoms with van der Waals surface area (Å²) in [5.74, 6) is 0. The second kappa shape index (κ2) is 18.8. The van der Waals surface area contributed by atoms with Crippen LogP contribution >= 0.6 is 0 Å². The first kappa shape index (κ1) is 16.3. The van der Waals surface area contributed by atoms with Crippen molar-refractivity contribution in [2.75, 3.05) is 0 Å². The molecule has 0 saturated heterocycles. The Kier molecular flexibility index (Phi) is 76.9. The quantitative estimate of drug-likeness (QED) is 0.370. The molecule has 0 aliphatic heterocycles. The molecule has 1 nitrogen and oxygen atoms in total. The topological polar surface area (TPSA) is 17.1 Å². The van der Waals surface area contributed by atoms with Gasteiger partial charge in [-0.1, -0.05) is 0 Å². The van der Waals surface area contributed by atoms with Crippen LogP contribution in [0.15, 0.2) is 0 Å². The Hall–Kier alpha value is 2.23. The molecule has 0 N–H and O–H groups in total. The van der Waals surface area contributed by atoms with Gasteiger partial charge in [0.1, 0.15) is 0 Å². The molecular weight excluding hydrogens is 533 g/mol. The Morgan fingerprint density at radius 3 is 1.25 bits per heavy atom. The molecular formula is BiOPbRu. The SMILES string of the molecule is [Bi].[O]=[Ru].[Pb]. The third kappa shape index (κ3) is 8.87. The van der Waals surface area contributed by atoms with E-state index in [0.29, 0.717) is 0 Å². The van der Waals surface area contributed by atoms with Crippen LogP contribution in [0.25, 0.3) is 0 Å². The van der Waals surface area contributed by atoms with Crippen molar-refractivity contribution in [1.29, 1.82) is 0 Å². The minimum atomic E-state index is 0. The summed E-state index contributed by atoms with van der Waals surface area (Å²) in [7, 11) is 0. The maximum atomic E-state index is 8.18. The van der Waals surface area contributed by atoms with Crippen LogP contribution in [0.2, 0.25) is 0 Å².